The van der Waals surface area contributed by atoms with Gasteiger partial charge >= 0.3 is 11.9 Å². The lowest BCUT2D eigenvalue weighted by Gasteiger charge is -2.48. The minimum absolute atomic E-state index is 0.0965. The van der Waals surface area contributed by atoms with E-state index < -0.39 is 17.5 Å². The normalized spacial score (nSPS) is 14.8. The van der Waals surface area contributed by atoms with E-state index in [1.807, 2.05) is 42.1 Å². The minimum atomic E-state index is -1.82. The molecule has 0 saturated carbocycles. The summed E-state index contributed by atoms with van der Waals surface area (Å²) < 4.78 is 16.8. The van der Waals surface area contributed by atoms with Crippen LogP contribution in [0.5, 0.6) is 0 Å². The van der Waals surface area contributed by atoms with Crippen molar-refractivity contribution in [2.75, 3.05) is 24.5 Å². The molecule has 0 unspecified atom stereocenters. The largest absolute Gasteiger partial charge is 0.473 e. The molecule has 11 heteroatoms. The van der Waals surface area contributed by atoms with Crippen LogP contribution in [0.15, 0.2) is 67.1 Å². The van der Waals surface area contributed by atoms with Crippen molar-refractivity contribution in [1.82, 2.24) is 19.7 Å². The van der Waals surface area contributed by atoms with Crippen molar-refractivity contribution in [3.63, 3.8) is 0 Å². The van der Waals surface area contributed by atoms with Gasteiger partial charge in [0.25, 0.3) is 0 Å². The molecule has 1 saturated heterocycles. The highest BCUT2D eigenvalue weighted by Gasteiger charge is 2.45. The third-order valence-electron chi connectivity index (χ3n) is 6.29. The molecule has 2 aromatic heterocycles. The number of carboxylic acid groups (broad SMARTS) is 2. The first-order chi connectivity index (χ1) is 17.8. The van der Waals surface area contributed by atoms with E-state index in [1.165, 1.54) is 6.07 Å². The summed E-state index contributed by atoms with van der Waals surface area (Å²) in [4.78, 5) is 40.1. The number of hydrogen-bond donors (Lipinski definition) is 2. The van der Waals surface area contributed by atoms with Gasteiger partial charge in [-0.15, -0.1) is 0 Å². The molecule has 0 bridgehead atoms. The Bertz CT molecular complexity index is 1170. The maximum Gasteiger partial charge on any atom is 0.414 e. The van der Waals surface area contributed by atoms with Crippen LogP contribution in [-0.2, 0) is 26.5 Å². The van der Waals surface area contributed by atoms with Gasteiger partial charge in [0.1, 0.15) is 5.82 Å². The topological polar surface area (TPSA) is 129 Å². The fraction of sp³-hybridized carbons (Fsp3) is 0.346. The fourth-order valence-corrected chi connectivity index (χ4v) is 4.45. The second-order valence-electron chi connectivity index (χ2n) is 8.50. The Morgan fingerprint density at radius 1 is 0.973 bits per heavy atom. The van der Waals surface area contributed by atoms with E-state index in [0.29, 0.717) is 24.9 Å². The molecule has 2 N–H and O–H groups in total. The first-order valence-electron chi connectivity index (χ1n) is 11.9. The summed E-state index contributed by atoms with van der Waals surface area (Å²) in [6, 6.07) is 14.2. The molecule has 0 atom stereocenters. The van der Waals surface area contributed by atoms with Gasteiger partial charge in [0.15, 0.2) is 0 Å². The summed E-state index contributed by atoms with van der Waals surface area (Å²) in [6.45, 7) is 5.09. The zero-order valence-corrected chi connectivity index (χ0v) is 20.5. The Balaban J connectivity index is 0.000000568. The Hall–Kier alpha value is -4.12. The quantitative estimate of drug-likeness (QED) is 0.463. The number of anilines is 1. The number of halogens is 1. The third kappa shape index (κ3) is 6.76. The van der Waals surface area contributed by atoms with Gasteiger partial charge in [-0.1, -0.05) is 25.1 Å². The molecule has 37 heavy (non-hydrogen) atoms. The molecule has 3 heterocycles. The van der Waals surface area contributed by atoms with E-state index in [9.17, 15) is 9.18 Å². The molecule has 0 aliphatic carbocycles. The Morgan fingerprint density at radius 2 is 1.65 bits per heavy atom. The van der Waals surface area contributed by atoms with E-state index in [4.69, 9.17) is 19.8 Å². The lowest BCUT2D eigenvalue weighted by atomic mass is 9.81. The van der Waals surface area contributed by atoms with Crippen LogP contribution in [0.4, 0.5) is 10.1 Å². The van der Waals surface area contributed by atoms with Gasteiger partial charge < -0.3 is 15.1 Å². The lowest BCUT2D eigenvalue weighted by Crippen LogP contribution is -2.56. The average Bonchev–Trinajstić information content (AvgIpc) is 3.44. The number of nitrogens with zero attached hydrogens (tertiary/aromatic N) is 5. The maximum absolute atomic E-state index is 14.9. The van der Waals surface area contributed by atoms with Crippen molar-refractivity contribution in [2.45, 2.75) is 38.3 Å². The van der Waals surface area contributed by atoms with Crippen molar-refractivity contribution in [3.05, 3.63) is 78.6 Å². The van der Waals surface area contributed by atoms with Crippen LogP contribution < -0.4 is 4.90 Å². The van der Waals surface area contributed by atoms with Crippen molar-refractivity contribution in [1.29, 1.82) is 0 Å². The van der Waals surface area contributed by atoms with Gasteiger partial charge in [0.05, 0.1) is 23.5 Å². The van der Waals surface area contributed by atoms with E-state index in [2.05, 4.69) is 15.0 Å². The predicted octanol–water partition coefficient (Wildman–Crippen LogP) is 3.01. The number of aliphatic carboxylic acids is 2. The number of benzene rings is 1. The van der Waals surface area contributed by atoms with Crippen LogP contribution in [-0.4, -0.2) is 67.4 Å². The summed E-state index contributed by atoms with van der Waals surface area (Å²) >= 11 is 0. The lowest BCUT2D eigenvalue weighted by molar-refractivity contribution is -0.159. The van der Waals surface area contributed by atoms with E-state index in [1.54, 1.807) is 35.5 Å². The van der Waals surface area contributed by atoms with Crippen LogP contribution >= 0.6 is 0 Å². The summed E-state index contributed by atoms with van der Waals surface area (Å²) in [5.74, 6) is -4.13. The average molecular weight is 512 g/mol. The number of carboxylic acids is 2. The van der Waals surface area contributed by atoms with Crippen molar-refractivity contribution in [3.8, 4) is 0 Å². The van der Waals surface area contributed by atoms with E-state index in [0.717, 1.165) is 31.9 Å². The Labute approximate surface area is 214 Å². The number of rotatable bonds is 7. The highest BCUT2D eigenvalue weighted by Crippen LogP contribution is 2.42. The SMILES string of the molecule is CCC(=O)N(c1ccccc1F)C1(c2ccccn2)CCN(CCn2cccn2)CC1.O=C(O)C(=O)O. The summed E-state index contributed by atoms with van der Waals surface area (Å²) in [5.41, 5.74) is 0.454. The number of carbonyl (C=O) groups is 3. The number of piperidine rings is 1. The molecular weight excluding hydrogens is 481 g/mol. The van der Waals surface area contributed by atoms with Crippen LogP contribution in [0.2, 0.25) is 0 Å². The van der Waals surface area contributed by atoms with Crippen LogP contribution in [0.3, 0.4) is 0 Å². The molecule has 1 aliphatic heterocycles. The number of hydrogen-bond acceptors (Lipinski definition) is 6. The van der Waals surface area contributed by atoms with Gasteiger partial charge in [-0.05, 0) is 43.2 Å². The Kier molecular flexibility index (Phi) is 9.45. The molecule has 3 aromatic rings. The zero-order valence-electron chi connectivity index (χ0n) is 20.5. The first-order valence-corrected chi connectivity index (χ1v) is 11.9. The van der Waals surface area contributed by atoms with Gasteiger partial charge in [-0.25, -0.2) is 14.0 Å². The van der Waals surface area contributed by atoms with Crippen LogP contribution in [0, 0.1) is 5.82 Å². The van der Waals surface area contributed by atoms with Gasteiger partial charge in [-0.3, -0.25) is 19.4 Å². The second kappa shape index (κ2) is 12.7. The number of aromatic nitrogens is 3. The molecule has 10 nitrogen and oxygen atoms in total. The molecule has 0 radical (unpaired) electrons. The molecule has 0 spiro atoms. The number of amides is 1. The van der Waals surface area contributed by atoms with Gasteiger partial charge in [0, 0.05) is 44.6 Å². The van der Waals surface area contributed by atoms with Crippen LogP contribution in [0.1, 0.15) is 31.9 Å². The molecule has 1 fully saturated rings. The Morgan fingerprint density at radius 3 is 2.19 bits per heavy atom. The number of likely N-dealkylation sites (tertiary alicyclic amines) is 1. The summed E-state index contributed by atoms with van der Waals surface area (Å²) in [7, 11) is 0. The van der Waals surface area contributed by atoms with Crippen molar-refractivity contribution < 1.29 is 29.0 Å². The van der Waals surface area contributed by atoms with Crippen molar-refractivity contribution in [2.24, 2.45) is 0 Å². The van der Waals surface area contributed by atoms with E-state index >= 15 is 0 Å². The maximum atomic E-state index is 14.9. The monoisotopic (exact) mass is 511 g/mol. The van der Waals surface area contributed by atoms with E-state index in [-0.39, 0.29) is 11.7 Å². The summed E-state index contributed by atoms with van der Waals surface area (Å²) in [5, 5.41) is 19.1. The zero-order chi connectivity index (χ0) is 26.8. The van der Waals surface area contributed by atoms with Gasteiger partial charge in [0.2, 0.25) is 5.91 Å². The molecule has 196 valence electrons. The predicted molar refractivity (Wildman–Crippen MR) is 133 cm³/mol. The van der Waals surface area contributed by atoms with Gasteiger partial charge in [-0.2, -0.15) is 5.10 Å². The molecule has 1 aromatic carbocycles. The molecule has 1 aliphatic rings. The smallest absolute Gasteiger partial charge is 0.414 e. The fourth-order valence-electron chi connectivity index (χ4n) is 4.45. The number of pyridine rings is 1. The molecule has 1 amide bonds. The number of para-hydroxylation sites is 1. The highest BCUT2D eigenvalue weighted by molar-refractivity contribution is 6.27. The standard InChI is InChI=1S/C24H28FN5O.C2H2O4/c1-2-23(31)30(21-9-4-3-8-20(21)25)24(22-10-5-6-13-26-22)11-16-28(17-12-24)18-19-29-15-7-14-27-29;3-1(4)2(5)6/h3-10,13-15H,2,11-12,16-19H2,1H3;(H,3,4)(H,5,6). The first kappa shape index (κ1) is 27.5. The molecular formula is C26H30FN5O5. The second-order valence-corrected chi connectivity index (χ2v) is 8.50. The minimum Gasteiger partial charge on any atom is -0.473 e. The molecule has 4 rings (SSSR count). The number of carbonyl (C=O) groups excluding carboxylic acids is 1. The van der Waals surface area contributed by atoms with Crippen molar-refractivity contribution >= 4 is 23.5 Å². The third-order valence-corrected chi connectivity index (χ3v) is 6.29. The van der Waals surface area contributed by atoms with Crippen LogP contribution in [0.25, 0.3) is 0 Å². The summed E-state index contributed by atoms with van der Waals surface area (Å²) in [6.07, 6.45) is 7.16. The highest BCUT2D eigenvalue weighted by atomic mass is 19.1.